The van der Waals surface area contributed by atoms with Crippen LogP contribution in [-0.2, 0) is 21.3 Å². The van der Waals surface area contributed by atoms with E-state index in [4.69, 9.17) is 0 Å². The lowest BCUT2D eigenvalue weighted by Crippen LogP contribution is -2.44. The van der Waals surface area contributed by atoms with Crippen molar-refractivity contribution in [3.05, 3.63) is 66.6 Å². The van der Waals surface area contributed by atoms with Crippen molar-refractivity contribution < 1.29 is 9.00 Å². The number of piperidine rings is 1. The van der Waals surface area contributed by atoms with E-state index in [1.807, 2.05) is 69.0 Å². The second-order valence-electron chi connectivity index (χ2n) is 7.49. The van der Waals surface area contributed by atoms with Crippen molar-refractivity contribution in [3.8, 4) is 11.5 Å². The molecule has 0 saturated carbocycles. The lowest BCUT2D eigenvalue weighted by Gasteiger charge is -2.33. The number of benzene rings is 1. The molecular formula is C22H26N4O2S. The summed E-state index contributed by atoms with van der Waals surface area (Å²) >= 11 is 0. The van der Waals surface area contributed by atoms with Gasteiger partial charge in [-0.25, -0.2) is 4.68 Å². The average molecular weight is 411 g/mol. The highest BCUT2D eigenvalue weighted by molar-refractivity contribution is 7.84. The summed E-state index contributed by atoms with van der Waals surface area (Å²) in [6, 6.07) is 14.0. The molecule has 2 aromatic heterocycles. The van der Waals surface area contributed by atoms with E-state index in [9.17, 15) is 9.00 Å². The van der Waals surface area contributed by atoms with E-state index < -0.39 is 10.8 Å². The number of aromatic nitrogens is 3. The minimum absolute atomic E-state index is 0.00602. The van der Waals surface area contributed by atoms with Crippen molar-refractivity contribution in [2.24, 2.45) is 0 Å². The fourth-order valence-corrected chi connectivity index (χ4v) is 4.99. The molecule has 0 spiro atoms. The van der Waals surface area contributed by atoms with E-state index in [0.717, 1.165) is 42.9 Å². The van der Waals surface area contributed by atoms with Crippen LogP contribution < -0.4 is 0 Å². The lowest BCUT2D eigenvalue weighted by atomic mass is 10.0. The summed E-state index contributed by atoms with van der Waals surface area (Å²) in [6.07, 6.45) is 8.87. The lowest BCUT2D eigenvalue weighted by molar-refractivity contribution is -0.131. The monoisotopic (exact) mass is 410 g/mol. The molecule has 29 heavy (non-hydrogen) atoms. The largest absolute Gasteiger partial charge is 0.339 e. The first kappa shape index (κ1) is 19.6. The van der Waals surface area contributed by atoms with Crippen LogP contribution in [-0.4, -0.2) is 47.7 Å². The zero-order valence-corrected chi connectivity index (χ0v) is 17.4. The van der Waals surface area contributed by atoms with Gasteiger partial charge in [0.05, 0.1) is 17.6 Å². The van der Waals surface area contributed by atoms with Gasteiger partial charge in [-0.1, -0.05) is 18.2 Å². The SMILES string of the molecule is CC1CCCCN1C(=O)CS(=O)Cc1cnn(-c2ccccc2)c1-n1cccc1. The van der Waals surface area contributed by atoms with Crippen molar-refractivity contribution in [2.75, 3.05) is 12.3 Å². The smallest absolute Gasteiger partial charge is 0.235 e. The van der Waals surface area contributed by atoms with Crippen LogP contribution in [0.25, 0.3) is 11.5 Å². The van der Waals surface area contributed by atoms with E-state index in [1.54, 1.807) is 6.20 Å². The normalized spacial score (nSPS) is 18.0. The number of likely N-dealkylation sites (tertiary alicyclic amines) is 1. The molecule has 0 bridgehead atoms. The van der Waals surface area contributed by atoms with Gasteiger partial charge in [0.15, 0.2) is 0 Å². The third-order valence-corrected chi connectivity index (χ3v) is 6.59. The standard InChI is InChI=1S/C22H26N4O2S/c1-18-9-5-6-14-25(18)21(27)17-29(28)16-19-15-23-26(20-10-3-2-4-11-20)22(19)24-12-7-8-13-24/h2-4,7-8,10-13,15,18H,5-6,9,14,16-17H2,1H3. The Morgan fingerprint density at radius 1 is 1.14 bits per heavy atom. The summed E-state index contributed by atoms with van der Waals surface area (Å²) in [6.45, 7) is 2.85. The Labute approximate surface area is 173 Å². The Balaban J connectivity index is 1.55. The van der Waals surface area contributed by atoms with Crippen molar-refractivity contribution in [1.29, 1.82) is 0 Å². The van der Waals surface area contributed by atoms with E-state index in [-0.39, 0.29) is 17.7 Å². The number of nitrogens with zero attached hydrogens (tertiary/aromatic N) is 4. The summed E-state index contributed by atoms with van der Waals surface area (Å²) in [5.41, 5.74) is 1.80. The van der Waals surface area contributed by atoms with Crippen LogP contribution in [0, 0.1) is 0 Å². The molecule has 152 valence electrons. The van der Waals surface area contributed by atoms with Crippen LogP contribution in [0.4, 0.5) is 0 Å². The first-order valence-corrected chi connectivity index (χ1v) is 11.5. The molecule has 1 aromatic carbocycles. The fourth-order valence-electron chi connectivity index (χ4n) is 3.90. The average Bonchev–Trinajstić information content (AvgIpc) is 3.38. The Hall–Kier alpha value is -2.67. The second-order valence-corrected chi connectivity index (χ2v) is 8.95. The third kappa shape index (κ3) is 4.34. The highest BCUT2D eigenvalue weighted by Crippen LogP contribution is 2.22. The quantitative estimate of drug-likeness (QED) is 0.626. The van der Waals surface area contributed by atoms with Gasteiger partial charge in [-0.05, 0) is 50.5 Å². The van der Waals surface area contributed by atoms with Gasteiger partial charge < -0.3 is 9.47 Å². The summed E-state index contributed by atoms with van der Waals surface area (Å²) in [5.74, 6) is 1.21. The highest BCUT2D eigenvalue weighted by Gasteiger charge is 2.25. The molecular weight excluding hydrogens is 384 g/mol. The maximum Gasteiger partial charge on any atom is 0.235 e. The summed E-state index contributed by atoms with van der Waals surface area (Å²) < 4.78 is 16.7. The topological polar surface area (TPSA) is 60.1 Å². The Bertz CT molecular complexity index is 982. The molecule has 1 amide bonds. The van der Waals surface area contributed by atoms with Crippen molar-refractivity contribution in [3.63, 3.8) is 0 Å². The van der Waals surface area contributed by atoms with Crippen LogP contribution in [0.5, 0.6) is 0 Å². The first-order chi connectivity index (χ1) is 14.1. The van der Waals surface area contributed by atoms with Crippen LogP contribution >= 0.6 is 0 Å². The molecule has 7 heteroatoms. The van der Waals surface area contributed by atoms with E-state index in [2.05, 4.69) is 12.0 Å². The van der Waals surface area contributed by atoms with Gasteiger partial charge in [0.25, 0.3) is 0 Å². The van der Waals surface area contributed by atoms with Crippen molar-refractivity contribution in [2.45, 2.75) is 38.0 Å². The number of hydrogen-bond acceptors (Lipinski definition) is 3. The van der Waals surface area contributed by atoms with Gasteiger partial charge in [-0.3, -0.25) is 9.00 Å². The molecule has 0 radical (unpaired) electrons. The molecule has 3 aromatic rings. The Kier molecular flexibility index (Phi) is 5.94. The molecule has 6 nitrogen and oxygen atoms in total. The maximum absolute atomic E-state index is 12.9. The van der Waals surface area contributed by atoms with Gasteiger partial charge in [0, 0.05) is 41.3 Å². The van der Waals surface area contributed by atoms with Crippen LogP contribution in [0.15, 0.2) is 61.1 Å². The molecule has 2 unspecified atom stereocenters. The fraction of sp³-hybridized carbons (Fsp3) is 0.364. The molecule has 0 aliphatic carbocycles. The number of para-hydroxylation sites is 1. The minimum Gasteiger partial charge on any atom is -0.339 e. The zero-order chi connectivity index (χ0) is 20.2. The van der Waals surface area contributed by atoms with Crippen molar-refractivity contribution in [1.82, 2.24) is 19.2 Å². The molecule has 0 N–H and O–H groups in total. The van der Waals surface area contributed by atoms with Crippen LogP contribution in [0.3, 0.4) is 0 Å². The van der Waals surface area contributed by atoms with Gasteiger partial charge >= 0.3 is 0 Å². The van der Waals surface area contributed by atoms with E-state index in [0.29, 0.717) is 5.75 Å². The molecule has 1 aliphatic heterocycles. The van der Waals surface area contributed by atoms with E-state index in [1.165, 1.54) is 0 Å². The van der Waals surface area contributed by atoms with Gasteiger partial charge in [-0.15, -0.1) is 0 Å². The van der Waals surface area contributed by atoms with Crippen LogP contribution in [0.1, 0.15) is 31.7 Å². The number of carbonyl (C=O) groups excluding carboxylic acids is 1. The van der Waals surface area contributed by atoms with Gasteiger partial charge in [0.1, 0.15) is 11.6 Å². The first-order valence-electron chi connectivity index (χ1n) is 10.0. The number of amides is 1. The molecule has 1 aliphatic rings. The molecule has 4 rings (SSSR count). The Morgan fingerprint density at radius 2 is 1.90 bits per heavy atom. The molecule has 1 fully saturated rings. The van der Waals surface area contributed by atoms with Crippen molar-refractivity contribution >= 4 is 16.7 Å². The predicted molar refractivity (Wildman–Crippen MR) is 115 cm³/mol. The zero-order valence-electron chi connectivity index (χ0n) is 16.6. The van der Waals surface area contributed by atoms with Crippen LogP contribution in [0.2, 0.25) is 0 Å². The third-order valence-electron chi connectivity index (χ3n) is 5.39. The Morgan fingerprint density at radius 3 is 2.62 bits per heavy atom. The number of rotatable bonds is 6. The highest BCUT2D eigenvalue weighted by atomic mass is 32.2. The number of carbonyl (C=O) groups is 1. The second kappa shape index (κ2) is 8.78. The molecule has 2 atom stereocenters. The summed E-state index contributed by atoms with van der Waals surface area (Å²) in [5, 5.41) is 4.54. The van der Waals surface area contributed by atoms with Gasteiger partial charge in [0.2, 0.25) is 5.91 Å². The molecule has 3 heterocycles. The predicted octanol–water partition coefficient (Wildman–Crippen LogP) is 3.31. The van der Waals surface area contributed by atoms with Gasteiger partial charge in [-0.2, -0.15) is 5.10 Å². The molecule has 1 saturated heterocycles. The minimum atomic E-state index is -1.29. The maximum atomic E-state index is 12.9. The summed E-state index contributed by atoms with van der Waals surface area (Å²) in [4.78, 5) is 14.5. The summed E-state index contributed by atoms with van der Waals surface area (Å²) in [7, 11) is -1.29. The van der Waals surface area contributed by atoms with E-state index >= 15 is 0 Å². The number of hydrogen-bond donors (Lipinski definition) is 0.